The van der Waals surface area contributed by atoms with Crippen LogP contribution >= 0.6 is 34.8 Å². The van der Waals surface area contributed by atoms with E-state index in [-0.39, 0.29) is 33.2 Å². The van der Waals surface area contributed by atoms with Gasteiger partial charge in [0.2, 0.25) is 0 Å². The molecule has 0 bridgehead atoms. The second kappa shape index (κ2) is 11.4. The van der Waals surface area contributed by atoms with Gasteiger partial charge in [0.25, 0.3) is 0 Å². The molecule has 9 heteroatoms. The molecule has 0 heterocycles. The van der Waals surface area contributed by atoms with Gasteiger partial charge in [0.05, 0.1) is 21.7 Å². The molecule has 27 heavy (non-hydrogen) atoms. The molecule has 1 aromatic carbocycles. The summed E-state index contributed by atoms with van der Waals surface area (Å²) in [6.45, 7) is 4.27. The Hall–Kier alpha value is -1.50. The van der Waals surface area contributed by atoms with Crippen molar-refractivity contribution >= 4 is 52.7 Å². The van der Waals surface area contributed by atoms with Crippen molar-refractivity contribution in [1.29, 1.82) is 0 Å². The topological polar surface area (TPSA) is 89.9 Å². The van der Waals surface area contributed by atoms with E-state index in [2.05, 4.69) is 6.92 Å². The van der Waals surface area contributed by atoms with Gasteiger partial charge >= 0.3 is 17.9 Å². The van der Waals surface area contributed by atoms with Gasteiger partial charge in [-0.15, -0.1) is 0 Å². The Morgan fingerprint density at radius 2 is 1.74 bits per heavy atom. The first kappa shape index (κ1) is 23.5. The monoisotopic (exact) mass is 438 g/mol. The first-order chi connectivity index (χ1) is 12.7. The summed E-state index contributed by atoms with van der Waals surface area (Å²) in [5.74, 6) is -4.67. The predicted molar refractivity (Wildman–Crippen MR) is 103 cm³/mol. The van der Waals surface area contributed by atoms with Crippen LogP contribution in [-0.2, 0) is 14.3 Å². The quantitative estimate of drug-likeness (QED) is 0.240. The number of benzene rings is 1. The zero-order valence-corrected chi connectivity index (χ0v) is 17.3. The van der Waals surface area contributed by atoms with Crippen LogP contribution in [0.5, 0.6) is 5.75 Å². The van der Waals surface area contributed by atoms with Crippen LogP contribution in [0, 0.1) is 5.92 Å². The SMILES string of the molecule is CCCCC(CCC)COC(=O)c1c(Cl)c(Cl)cc(Cl)c1OC(=O)C(=O)O. The van der Waals surface area contributed by atoms with Gasteiger partial charge in [-0.2, -0.15) is 0 Å². The van der Waals surface area contributed by atoms with Gasteiger partial charge < -0.3 is 14.6 Å². The van der Waals surface area contributed by atoms with Crippen LogP contribution in [0.4, 0.5) is 0 Å². The zero-order chi connectivity index (χ0) is 20.6. The van der Waals surface area contributed by atoms with E-state index >= 15 is 0 Å². The Kier molecular flexibility index (Phi) is 9.91. The van der Waals surface area contributed by atoms with Crippen molar-refractivity contribution in [2.24, 2.45) is 5.92 Å². The van der Waals surface area contributed by atoms with Crippen LogP contribution in [0.15, 0.2) is 6.07 Å². The summed E-state index contributed by atoms with van der Waals surface area (Å²) in [5.41, 5.74) is -0.380. The first-order valence-electron chi connectivity index (χ1n) is 8.52. The number of carbonyl (C=O) groups excluding carboxylic acids is 2. The maximum absolute atomic E-state index is 12.6. The molecule has 0 spiro atoms. The summed E-state index contributed by atoms with van der Waals surface area (Å²) < 4.78 is 10.0. The van der Waals surface area contributed by atoms with Crippen molar-refractivity contribution in [3.63, 3.8) is 0 Å². The second-order valence-electron chi connectivity index (χ2n) is 5.95. The second-order valence-corrected chi connectivity index (χ2v) is 7.14. The maximum Gasteiger partial charge on any atom is 0.422 e. The smallest absolute Gasteiger partial charge is 0.422 e. The molecule has 0 fully saturated rings. The highest BCUT2D eigenvalue weighted by Crippen LogP contribution is 2.40. The number of esters is 2. The number of hydrogen-bond acceptors (Lipinski definition) is 5. The van der Waals surface area contributed by atoms with Crippen molar-refractivity contribution in [2.75, 3.05) is 6.61 Å². The molecule has 1 unspecified atom stereocenters. The van der Waals surface area contributed by atoms with E-state index < -0.39 is 23.7 Å². The summed E-state index contributed by atoms with van der Waals surface area (Å²) in [6, 6.07) is 1.15. The maximum atomic E-state index is 12.6. The first-order valence-corrected chi connectivity index (χ1v) is 9.65. The van der Waals surface area contributed by atoms with Crippen LogP contribution in [0.25, 0.3) is 0 Å². The summed E-state index contributed by atoms with van der Waals surface area (Å²) in [6.07, 6.45) is 4.77. The lowest BCUT2D eigenvalue weighted by Gasteiger charge is -2.17. The van der Waals surface area contributed by atoms with Gasteiger partial charge in [0.15, 0.2) is 5.75 Å². The molecule has 0 aliphatic rings. The van der Waals surface area contributed by atoms with Gasteiger partial charge in [-0.3, -0.25) is 0 Å². The minimum absolute atomic E-state index is 0.0557. The summed E-state index contributed by atoms with van der Waals surface area (Å²) >= 11 is 18.0. The molecule has 0 saturated carbocycles. The molecule has 6 nitrogen and oxygen atoms in total. The van der Waals surface area contributed by atoms with Crippen molar-refractivity contribution in [1.82, 2.24) is 0 Å². The van der Waals surface area contributed by atoms with E-state index in [0.29, 0.717) is 0 Å². The Labute approximate surface area is 172 Å². The fraction of sp³-hybridized carbons (Fsp3) is 0.500. The number of carboxylic acids is 1. The lowest BCUT2D eigenvalue weighted by molar-refractivity contribution is -0.158. The average Bonchev–Trinajstić information content (AvgIpc) is 2.61. The molecule has 0 aliphatic heterocycles. The number of hydrogen-bond donors (Lipinski definition) is 1. The highest BCUT2D eigenvalue weighted by molar-refractivity contribution is 6.46. The lowest BCUT2D eigenvalue weighted by atomic mass is 9.98. The Balaban J connectivity index is 3.09. The molecular weight excluding hydrogens is 419 g/mol. The molecule has 150 valence electrons. The van der Waals surface area contributed by atoms with Gasteiger partial charge in [-0.05, 0) is 24.8 Å². The van der Waals surface area contributed by atoms with Crippen LogP contribution in [0.2, 0.25) is 15.1 Å². The third-order valence-electron chi connectivity index (χ3n) is 3.81. The predicted octanol–water partition coefficient (Wildman–Crippen LogP) is 5.40. The van der Waals surface area contributed by atoms with E-state index in [0.717, 1.165) is 38.2 Å². The van der Waals surface area contributed by atoms with E-state index in [1.54, 1.807) is 0 Å². The minimum Gasteiger partial charge on any atom is -0.473 e. The van der Waals surface area contributed by atoms with Crippen LogP contribution < -0.4 is 4.74 Å². The molecule has 1 aromatic rings. The van der Waals surface area contributed by atoms with E-state index in [4.69, 9.17) is 49.4 Å². The fourth-order valence-electron chi connectivity index (χ4n) is 2.47. The third kappa shape index (κ3) is 6.87. The minimum atomic E-state index is -1.85. The average molecular weight is 440 g/mol. The summed E-state index contributed by atoms with van der Waals surface area (Å²) in [7, 11) is 0. The molecule has 1 rings (SSSR count). The molecule has 0 saturated heterocycles. The number of halogens is 3. The summed E-state index contributed by atoms with van der Waals surface area (Å²) in [5, 5.41) is 8.19. The van der Waals surface area contributed by atoms with Crippen LogP contribution in [0.3, 0.4) is 0 Å². The number of unbranched alkanes of at least 4 members (excludes halogenated alkanes) is 1. The van der Waals surface area contributed by atoms with Crippen molar-refractivity contribution in [3.05, 3.63) is 26.7 Å². The van der Waals surface area contributed by atoms with Gasteiger partial charge in [-0.25, -0.2) is 14.4 Å². The number of ether oxygens (including phenoxy) is 2. The summed E-state index contributed by atoms with van der Waals surface area (Å²) in [4.78, 5) is 34.7. The zero-order valence-electron chi connectivity index (χ0n) is 15.0. The van der Waals surface area contributed by atoms with E-state index in [1.807, 2.05) is 6.92 Å². The number of aliphatic carboxylic acids is 1. The third-order valence-corrected chi connectivity index (χ3v) is 4.88. The molecular formula is C18H21Cl3O6. The Bertz CT molecular complexity index is 705. The number of rotatable bonds is 9. The highest BCUT2D eigenvalue weighted by atomic mass is 35.5. The molecule has 0 amide bonds. The largest absolute Gasteiger partial charge is 0.473 e. The molecule has 0 aliphatic carbocycles. The molecule has 0 radical (unpaired) electrons. The fourth-order valence-corrected chi connectivity index (χ4v) is 3.19. The molecule has 1 N–H and O–H groups in total. The van der Waals surface area contributed by atoms with Crippen LogP contribution in [-0.4, -0.2) is 29.6 Å². The van der Waals surface area contributed by atoms with E-state index in [1.165, 1.54) is 0 Å². The molecule has 0 aromatic heterocycles. The van der Waals surface area contributed by atoms with Crippen molar-refractivity contribution in [3.8, 4) is 5.75 Å². The number of carbonyl (C=O) groups is 3. The van der Waals surface area contributed by atoms with Gasteiger partial charge in [0, 0.05) is 0 Å². The van der Waals surface area contributed by atoms with Crippen molar-refractivity contribution in [2.45, 2.75) is 46.0 Å². The Morgan fingerprint density at radius 1 is 1.07 bits per heavy atom. The Morgan fingerprint density at radius 3 is 2.30 bits per heavy atom. The normalized spacial score (nSPS) is 11.7. The lowest BCUT2D eigenvalue weighted by Crippen LogP contribution is -2.22. The van der Waals surface area contributed by atoms with Crippen LogP contribution in [0.1, 0.15) is 56.3 Å². The van der Waals surface area contributed by atoms with E-state index in [9.17, 15) is 14.4 Å². The van der Waals surface area contributed by atoms with Gasteiger partial charge in [-0.1, -0.05) is 67.9 Å². The van der Waals surface area contributed by atoms with Gasteiger partial charge in [0.1, 0.15) is 5.56 Å². The standard InChI is InChI=1S/C18H21Cl3O6/c1-3-5-7-10(6-4-2)9-26-17(24)13-14(21)11(19)8-12(20)15(13)27-18(25)16(22)23/h8,10H,3-7,9H2,1-2H3,(H,22,23). The highest BCUT2D eigenvalue weighted by Gasteiger charge is 2.28. The van der Waals surface area contributed by atoms with Crippen molar-refractivity contribution < 1.29 is 29.0 Å². The molecule has 1 atom stereocenters. The number of carboxylic acid groups (broad SMARTS) is 1.